The number of nitrogens with two attached hydrogens (primary N) is 1. The third-order valence-corrected chi connectivity index (χ3v) is 5.54. The second kappa shape index (κ2) is 9.45. The first-order valence-corrected chi connectivity index (χ1v) is 10.3. The predicted octanol–water partition coefficient (Wildman–Crippen LogP) is 4.22. The number of carboxylic acid groups (broad SMARTS) is 1. The third-order valence-electron chi connectivity index (χ3n) is 5.54. The fourth-order valence-electron chi connectivity index (χ4n) is 4.15. The van der Waals surface area contributed by atoms with Crippen LogP contribution in [0.15, 0.2) is 18.2 Å². The number of rotatable bonds is 9. The van der Waals surface area contributed by atoms with Crippen LogP contribution >= 0.6 is 0 Å². The molecule has 0 aromatic heterocycles. The van der Waals surface area contributed by atoms with E-state index in [0.29, 0.717) is 18.3 Å². The third kappa shape index (κ3) is 6.73. The molecule has 1 saturated carbocycles. The van der Waals surface area contributed by atoms with Gasteiger partial charge in [-0.3, -0.25) is 4.79 Å². The molecule has 0 unspecified atom stereocenters. The predicted molar refractivity (Wildman–Crippen MR) is 111 cm³/mol. The molecular formula is C22H36N2O3. The van der Waals surface area contributed by atoms with Gasteiger partial charge >= 0.3 is 5.97 Å². The number of hydrogen-bond donors (Lipinski definition) is 3. The van der Waals surface area contributed by atoms with Crippen LogP contribution in [0, 0.1) is 5.92 Å². The Bertz CT molecular complexity index is 618. The van der Waals surface area contributed by atoms with Gasteiger partial charge in [0.1, 0.15) is 0 Å². The molecule has 5 heteroatoms. The average molecular weight is 377 g/mol. The van der Waals surface area contributed by atoms with E-state index in [4.69, 9.17) is 10.8 Å². The number of hydrogen-bond acceptors (Lipinski definition) is 4. The molecule has 152 valence electrons. The van der Waals surface area contributed by atoms with Crippen LogP contribution < -0.4 is 10.6 Å². The maximum atomic E-state index is 11.0. The van der Waals surface area contributed by atoms with Crippen LogP contribution in [0.4, 0.5) is 11.4 Å². The number of benzene rings is 1. The zero-order valence-electron chi connectivity index (χ0n) is 17.1. The molecular weight excluding hydrogens is 340 g/mol. The van der Waals surface area contributed by atoms with E-state index in [-0.39, 0.29) is 12.3 Å². The Kier molecular flexibility index (Phi) is 7.54. The summed E-state index contributed by atoms with van der Waals surface area (Å²) < 4.78 is 0. The van der Waals surface area contributed by atoms with Crippen LogP contribution in [0.5, 0.6) is 0 Å². The maximum absolute atomic E-state index is 11.0. The van der Waals surface area contributed by atoms with Gasteiger partial charge in [0.15, 0.2) is 0 Å². The van der Waals surface area contributed by atoms with Crippen LogP contribution in [0.3, 0.4) is 0 Å². The largest absolute Gasteiger partial charge is 0.481 e. The summed E-state index contributed by atoms with van der Waals surface area (Å²) in [4.78, 5) is 13.3. The summed E-state index contributed by atoms with van der Waals surface area (Å²) in [6, 6.07) is 6.52. The van der Waals surface area contributed by atoms with Crippen LogP contribution in [0.1, 0.15) is 71.3 Å². The van der Waals surface area contributed by atoms with Gasteiger partial charge in [-0.1, -0.05) is 38.7 Å². The van der Waals surface area contributed by atoms with Crippen molar-refractivity contribution in [2.75, 3.05) is 17.2 Å². The van der Waals surface area contributed by atoms with Gasteiger partial charge in [-0.15, -0.1) is 0 Å². The molecule has 1 aliphatic rings. The van der Waals surface area contributed by atoms with Crippen molar-refractivity contribution in [3.63, 3.8) is 0 Å². The van der Waals surface area contributed by atoms with Crippen molar-refractivity contribution in [2.45, 2.75) is 83.8 Å². The molecule has 5 nitrogen and oxygen atoms in total. The molecule has 4 N–H and O–H groups in total. The van der Waals surface area contributed by atoms with Crippen molar-refractivity contribution < 1.29 is 15.0 Å². The van der Waals surface area contributed by atoms with Crippen LogP contribution in [0.25, 0.3) is 0 Å². The number of carboxylic acids is 1. The summed E-state index contributed by atoms with van der Waals surface area (Å²) in [6.45, 7) is 6.26. The van der Waals surface area contributed by atoms with Gasteiger partial charge in [-0.2, -0.15) is 0 Å². The first-order chi connectivity index (χ1) is 12.7. The molecule has 0 saturated heterocycles. The van der Waals surface area contributed by atoms with Crippen molar-refractivity contribution >= 4 is 17.3 Å². The molecule has 0 amide bonds. The minimum absolute atomic E-state index is 0.124. The second-order valence-electron chi connectivity index (χ2n) is 8.70. The van der Waals surface area contributed by atoms with Crippen molar-refractivity contribution in [3.8, 4) is 0 Å². The summed E-state index contributed by atoms with van der Waals surface area (Å²) >= 11 is 0. The lowest BCUT2D eigenvalue weighted by Crippen LogP contribution is -2.45. The Hall–Kier alpha value is -1.75. The lowest BCUT2D eigenvalue weighted by molar-refractivity contribution is -0.138. The molecule has 1 aliphatic carbocycles. The summed E-state index contributed by atoms with van der Waals surface area (Å²) in [5, 5.41) is 19.5. The Balaban J connectivity index is 2.21. The number of nitrogen functional groups attached to an aromatic ring is 1. The second-order valence-corrected chi connectivity index (χ2v) is 8.70. The lowest BCUT2D eigenvalue weighted by atomic mass is 9.91. The van der Waals surface area contributed by atoms with E-state index in [1.165, 1.54) is 19.3 Å². The number of aliphatic hydroxyl groups is 1. The van der Waals surface area contributed by atoms with Crippen molar-refractivity contribution in [1.29, 1.82) is 0 Å². The minimum atomic E-state index is -0.794. The van der Waals surface area contributed by atoms with E-state index in [9.17, 15) is 9.90 Å². The first-order valence-electron chi connectivity index (χ1n) is 10.3. The smallest absolute Gasteiger partial charge is 0.303 e. The fraction of sp³-hybridized carbons (Fsp3) is 0.682. The molecule has 0 bridgehead atoms. The van der Waals surface area contributed by atoms with Gasteiger partial charge in [-0.25, -0.2) is 0 Å². The van der Waals surface area contributed by atoms with Gasteiger partial charge in [0, 0.05) is 19.0 Å². The molecule has 1 aromatic rings. The Labute approximate surface area is 163 Å². The molecule has 1 aromatic carbocycles. The highest BCUT2D eigenvalue weighted by Crippen LogP contribution is 2.33. The molecule has 27 heavy (non-hydrogen) atoms. The highest BCUT2D eigenvalue weighted by Gasteiger charge is 2.28. The van der Waals surface area contributed by atoms with E-state index in [0.717, 1.165) is 36.9 Å². The number of anilines is 2. The standard InChI is InChI=1S/C22H36N2O3/c1-4-16(14-21(25)26)12-17-10-11-20(19(23)13-17)24(15-22(2,3)27)18-8-6-5-7-9-18/h10-11,13,16,18,27H,4-9,12,14-15,23H2,1-3H3,(H,25,26)/t16-/m0/s1. The topological polar surface area (TPSA) is 86.8 Å². The molecule has 0 radical (unpaired) electrons. The van der Waals surface area contributed by atoms with Crippen LogP contribution in [0.2, 0.25) is 0 Å². The summed E-state index contributed by atoms with van der Waals surface area (Å²) in [6.07, 6.45) is 7.73. The van der Waals surface area contributed by atoms with Crippen molar-refractivity contribution in [3.05, 3.63) is 23.8 Å². The summed E-state index contributed by atoms with van der Waals surface area (Å²) in [7, 11) is 0. The highest BCUT2D eigenvalue weighted by molar-refractivity contribution is 5.69. The molecule has 2 rings (SSSR count). The van der Waals surface area contributed by atoms with Gasteiger partial charge < -0.3 is 20.8 Å². The van der Waals surface area contributed by atoms with Gasteiger partial charge in [0.05, 0.1) is 17.0 Å². The van der Waals surface area contributed by atoms with Gasteiger partial charge in [-0.05, 0) is 56.7 Å². The molecule has 0 spiro atoms. The van der Waals surface area contributed by atoms with Crippen molar-refractivity contribution in [1.82, 2.24) is 0 Å². The minimum Gasteiger partial charge on any atom is -0.481 e. The summed E-state index contributed by atoms with van der Waals surface area (Å²) in [5.74, 6) is -0.626. The first kappa shape index (κ1) is 21.5. The van der Waals surface area contributed by atoms with Crippen LogP contribution in [-0.4, -0.2) is 34.4 Å². The number of carbonyl (C=O) groups is 1. The molecule has 1 atom stereocenters. The summed E-state index contributed by atoms with van der Waals surface area (Å²) in [5.41, 5.74) is 8.41. The number of nitrogens with zero attached hydrogens (tertiary/aromatic N) is 1. The quantitative estimate of drug-likeness (QED) is 0.562. The molecule has 0 heterocycles. The Morgan fingerprint density at radius 3 is 2.48 bits per heavy atom. The van der Waals surface area contributed by atoms with Crippen molar-refractivity contribution in [2.24, 2.45) is 5.92 Å². The zero-order chi connectivity index (χ0) is 20.0. The Morgan fingerprint density at radius 2 is 1.96 bits per heavy atom. The van der Waals surface area contributed by atoms with Gasteiger partial charge in [0.2, 0.25) is 0 Å². The highest BCUT2D eigenvalue weighted by atomic mass is 16.4. The van der Waals surface area contributed by atoms with E-state index >= 15 is 0 Å². The monoisotopic (exact) mass is 376 g/mol. The van der Waals surface area contributed by atoms with E-state index < -0.39 is 11.6 Å². The average Bonchev–Trinajstić information content (AvgIpc) is 2.59. The maximum Gasteiger partial charge on any atom is 0.303 e. The van der Waals surface area contributed by atoms with E-state index in [1.54, 1.807) is 0 Å². The zero-order valence-corrected chi connectivity index (χ0v) is 17.1. The van der Waals surface area contributed by atoms with Crippen LogP contribution in [-0.2, 0) is 11.2 Å². The van der Waals surface area contributed by atoms with E-state index in [2.05, 4.69) is 17.0 Å². The Morgan fingerprint density at radius 1 is 1.30 bits per heavy atom. The fourth-order valence-corrected chi connectivity index (χ4v) is 4.15. The lowest BCUT2D eigenvalue weighted by Gasteiger charge is -2.40. The SMILES string of the molecule is CC[C@H](CC(=O)O)Cc1ccc(N(CC(C)(C)O)C2CCCCC2)c(N)c1. The van der Waals surface area contributed by atoms with E-state index in [1.807, 2.05) is 26.8 Å². The van der Waals surface area contributed by atoms with Gasteiger partial charge in [0.25, 0.3) is 0 Å². The normalized spacial score (nSPS) is 16.9. The number of aliphatic carboxylic acids is 1. The molecule has 0 aliphatic heterocycles. The molecule has 1 fully saturated rings.